The van der Waals surface area contributed by atoms with E-state index < -0.39 is 6.10 Å². The number of nitrogens with zero attached hydrogens (tertiary/aromatic N) is 1. The first-order valence-corrected chi connectivity index (χ1v) is 7.79. The average Bonchev–Trinajstić information content (AvgIpc) is 2.39. The molecule has 0 bridgehead atoms. The van der Waals surface area contributed by atoms with Gasteiger partial charge in [0.25, 0.3) is 0 Å². The normalized spacial score (nSPS) is 25.0. The molecule has 5 heteroatoms. The molecule has 0 radical (unpaired) electrons. The average molecular weight is 314 g/mol. The van der Waals surface area contributed by atoms with Crippen LogP contribution in [0.1, 0.15) is 19.4 Å². The Labute approximate surface area is 131 Å². The Bertz CT molecular complexity index is 416. The van der Waals surface area contributed by atoms with Crippen molar-refractivity contribution in [2.45, 2.75) is 38.8 Å². The van der Waals surface area contributed by atoms with E-state index in [0.717, 1.165) is 18.7 Å². The molecule has 1 fully saturated rings. The van der Waals surface area contributed by atoms with Crippen LogP contribution in [0.5, 0.6) is 0 Å². The number of rotatable bonds is 6. The van der Waals surface area contributed by atoms with Crippen molar-refractivity contribution in [1.29, 1.82) is 0 Å². The molecule has 1 aliphatic rings. The van der Waals surface area contributed by atoms with Gasteiger partial charge < -0.3 is 14.6 Å². The maximum atomic E-state index is 10.1. The van der Waals surface area contributed by atoms with Crippen LogP contribution in [-0.2, 0) is 16.1 Å². The molecule has 0 spiro atoms. The fraction of sp³-hybridized carbons (Fsp3) is 0.625. The summed E-state index contributed by atoms with van der Waals surface area (Å²) >= 11 is 5.83. The van der Waals surface area contributed by atoms with Gasteiger partial charge in [0.15, 0.2) is 0 Å². The number of aliphatic hydroxyl groups is 1. The van der Waals surface area contributed by atoms with Gasteiger partial charge in [-0.3, -0.25) is 4.90 Å². The molecule has 2 rings (SSSR count). The Balaban J connectivity index is 1.67. The summed E-state index contributed by atoms with van der Waals surface area (Å²) in [6.07, 6.45) is -0.0401. The number of hydrogen-bond acceptors (Lipinski definition) is 4. The van der Waals surface area contributed by atoms with Crippen molar-refractivity contribution in [3.05, 3.63) is 34.9 Å². The molecule has 1 aromatic rings. The van der Waals surface area contributed by atoms with E-state index in [1.807, 2.05) is 24.3 Å². The number of aliphatic hydroxyl groups excluding tert-OH is 1. The van der Waals surface area contributed by atoms with Gasteiger partial charge in [0.1, 0.15) is 0 Å². The summed E-state index contributed by atoms with van der Waals surface area (Å²) in [6.45, 7) is 7.29. The van der Waals surface area contributed by atoms with Gasteiger partial charge in [-0.1, -0.05) is 23.7 Å². The lowest BCUT2D eigenvalue weighted by Gasteiger charge is -2.36. The zero-order valence-corrected chi connectivity index (χ0v) is 13.4. The third kappa shape index (κ3) is 5.93. The van der Waals surface area contributed by atoms with Gasteiger partial charge in [-0.05, 0) is 31.5 Å². The number of morpholine rings is 1. The second-order valence-corrected chi connectivity index (χ2v) is 6.21. The fourth-order valence-electron chi connectivity index (χ4n) is 2.68. The second kappa shape index (κ2) is 8.11. The SMILES string of the molecule is C[C@@H]1CN(C[C@H](O)COCc2ccc(Cl)cc2)C[C@H](C)O1. The number of hydrogen-bond donors (Lipinski definition) is 1. The summed E-state index contributed by atoms with van der Waals surface area (Å²) < 4.78 is 11.2. The van der Waals surface area contributed by atoms with Crippen molar-refractivity contribution in [3.8, 4) is 0 Å². The number of ether oxygens (including phenoxy) is 2. The molecular formula is C16H24ClNO3. The van der Waals surface area contributed by atoms with Gasteiger partial charge in [0, 0.05) is 24.7 Å². The lowest BCUT2D eigenvalue weighted by Crippen LogP contribution is -2.48. The summed E-state index contributed by atoms with van der Waals surface area (Å²) in [4.78, 5) is 2.23. The van der Waals surface area contributed by atoms with E-state index in [4.69, 9.17) is 21.1 Å². The summed E-state index contributed by atoms with van der Waals surface area (Å²) in [6, 6.07) is 7.54. The largest absolute Gasteiger partial charge is 0.389 e. The molecule has 0 saturated carbocycles. The van der Waals surface area contributed by atoms with Gasteiger partial charge >= 0.3 is 0 Å². The van der Waals surface area contributed by atoms with E-state index in [-0.39, 0.29) is 12.2 Å². The molecule has 1 heterocycles. The fourth-order valence-corrected chi connectivity index (χ4v) is 2.80. The highest BCUT2D eigenvalue weighted by atomic mass is 35.5. The molecule has 0 aromatic heterocycles. The Morgan fingerprint density at radius 2 is 1.90 bits per heavy atom. The smallest absolute Gasteiger partial charge is 0.0900 e. The van der Waals surface area contributed by atoms with Gasteiger partial charge in [-0.15, -0.1) is 0 Å². The van der Waals surface area contributed by atoms with Gasteiger partial charge in [0.2, 0.25) is 0 Å². The van der Waals surface area contributed by atoms with Crippen LogP contribution in [0.4, 0.5) is 0 Å². The monoisotopic (exact) mass is 313 g/mol. The van der Waals surface area contributed by atoms with Crippen molar-refractivity contribution in [2.24, 2.45) is 0 Å². The van der Waals surface area contributed by atoms with Crippen LogP contribution < -0.4 is 0 Å². The maximum Gasteiger partial charge on any atom is 0.0900 e. The lowest BCUT2D eigenvalue weighted by atomic mass is 10.2. The standard InChI is InChI=1S/C16H24ClNO3/c1-12-7-18(8-13(2)21-12)9-16(19)11-20-10-14-3-5-15(17)6-4-14/h3-6,12-13,16,19H,7-11H2,1-2H3/t12-,13+,16-/m0/s1. The Kier molecular flexibility index (Phi) is 6.45. The van der Waals surface area contributed by atoms with E-state index >= 15 is 0 Å². The van der Waals surface area contributed by atoms with Crippen molar-refractivity contribution >= 4 is 11.6 Å². The van der Waals surface area contributed by atoms with E-state index in [1.54, 1.807) is 0 Å². The lowest BCUT2D eigenvalue weighted by molar-refractivity contribution is -0.0826. The third-order valence-electron chi connectivity index (χ3n) is 3.46. The minimum atomic E-state index is -0.477. The van der Waals surface area contributed by atoms with Crippen LogP contribution in [0.2, 0.25) is 5.02 Å². The summed E-state index contributed by atoms with van der Waals surface area (Å²) in [5.41, 5.74) is 1.06. The third-order valence-corrected chi connectivity index (χ3v) is 3.71. The number of halogens is 1. The zero-order chi connectivity index (χ0) is 15.2. The van der Waals surface area contributed by atoms with Crippen LogP contribution in [0.15, 0.2) is 24.3 Å². The van der Waals surface area contributed by atoms with Crippen molar-refractivity contribution < 1.29 is 14.6 Å². The molecule has 1 aromatic carbocycles. The molecule has 0 amide bonds. The molecule has 0 aliphatic carbocycles. The van der Waals surface area contributed by atoms with Crippen molar-refractivity contribution in [3.63, 3.8) is 0 Å². The first kappa shape index (κ1) is 16.7. The molecule has 1 saturated heterocycles. The predicted molar refractivity (Wildman–Crippen MR) is 83.6 cm³/mol. The molecule has 21 heavy (non-hydrogen) atoms. The zero-order valence-electron chi connectivity index (χ0n) is 12.7. The van der Waals surface area contributed by atoms with Gasteiger partial charge in [-0.2, -0.15) is 0 Å². The molecule has 1 N–H and O–H groups in total. The molecular weight excluding hydrogens is 290 g/mol. The molecule has 0 unspecified atom stereocenters. The van der Waals surface area contributed by atoms with E-state index in [0.29, 0.717) is 24.8 Å². The topological polar surface area (TPSA) is 41.9 Å². The van der Waals surface area contributed by atoms with Gasteiger partial charge in [-0.25, -0.2) is 0 Å². The maximum absolute atomic E-state index is 10.1. The number of β-amino-alcohol motifs (C(OH)–C–C–N with tert-alkyl or cyclic N) is 1. The first-order chi connectivity index (χ1) is 10.0. The van der Waals surface area contributed by atoms with Crippen molar-refractivity contribution in [2.75, 3.05) is 26.2 Å². The van der Waals surface area contributed by atoms with Crippen LogP contribution in [0.25, 0.3) is 0 Å². The number of benzene rings is 1. The second-order valence-electron chi connectivity index (χ2n) is 5.77. The van der Waals surface area contributed by atoms with E-state index in [2.05, 4.69) is 18.7 Å². The van der Waals surface area contributed by atoms with Crippen LogP contribution in [0, 0.1) is 0 Å². The van der Waals surface area contributed by atoms with Gasteiger partial charge in [0.05, 0.1) is 31.5 Å². The molecule has 1 aliphatic heterocycles. The summed E-state index contributed by atoms with van der Waals surface area (Å²) in [5, 5.41) is 10.8. The first-order valence-electron chi connectivity index (χ1n) is 7.41. The Hall–Kier alpha value is -0.650. The van der Waals surface area contributed by atoms with Crippen LogP contribution >= 0.6 is 11.6 Å². The Morgan fingerprint density at radius 3 is 2.52 bits per heavy atom. The highest BCUT2D eigenvalue weighted by molar-refractivity contribution is 6.30. The minimum Gasteiger partial charge on any atom is -0.389 e. The van der Waals surface area contributed by atoms with E-state index in [1.165, 1.54) is 0 Å². The quantitative estimate of drug-likeness (QED) is 0.875. The summed E-state index contributed by atoms with van der Waals surface area (Å²) in [5.74, 6) is 0. The Morgan fingerprint density at radius 1 is 1.29 bits per heavy atom. The molecule has 118 valence electrons. The molecule has 3 atom stereocenters. The van der Waals surface area contributed by atoms with Crippen molar-refractivity contribution in [1.82, 2.24) is 4.90 Å². The van der Waals surface area contributed by atoms with Crippen LogP contribution in [0.3, 0.4) is 0 Å². The predicted octanol–water partition coefficient (Wildman–Crippen LogP) is 2.33. The van der Waals surface area contributed by atoms with Crippen LogP contribution in [-0.4, -0.2) is 54.6 Å². The molecule has 4 nitrogen and oxygen atoms in total. The summed E-state index contributed by atoms with van der Waals surface area (Å²) in [7, 11) is 0. The minimum absolute atomic E-state index is 0.218. The highest BCUT2D eigenvalue weighted by Crippen LogP contribution is 2.12. The van der Waals surface area contributed by atoms with E-state index in [9.17, 15) is 5.11 Å². The highest BCUT2D eigenvalue weighted by Gasteiger charge is 2.23.